The van der Waals surface area contributed by atoms with Gasteiger partial charge in [0.2, 0.25) is 5.91 Å². The van der Waals surface area contributed by atoms with Gasteiger partial charge in [-0.2, -0.15) is 0 Å². The Labute approximate surface area is 132 Å². The van der Waals surface area contributed by atoms with E-state index in [1.54, 1.807) is 23.1 Å². The van der Waals surface area contributed by atoms with Crippen molar-refractivity contribution in [3.63, 3.8) is 0 Å². The van der Waals surface area contributed by atoms with E-state index in [9.17, 15) is 9.59 Å². The number of piperidine rings is 1. The van der Waals surface area contributed by atoms with Gasteiger partial charge in [0.25, 0.3) is 5.91 Å². The number of benzene rings is 1. The summed E-state index contributed by atoms with van der Waals surface area (Å²) in [7, 11) is 0. The Balaban J connectivity index is 1.90. The van der Waals surface area contributed by atoms with Crippen molar-refractivity contribution in [3.05, 3.63) is 28.2 Å². The number of hydrogen-bond donors (Lipinski definition) is 1. The molecule has 2 N–H and O–H groups in total. The van der Waals surface area contributed by atoms with Gasteiger partial charge in [0, 0.05) is 23.1 Å². The van der Waals surface area contributed by atoms with Gasteiger partial charge in [-0.05, 0) is 31.0 Å². The predicted octanol–water partition coefficient (Wildman–Crippen LogP) is 2.10. The summed E-state index contributed by atoms with van der Waals surface area (Å²) in [6.45, 7) is 0.845. The summed E-state index contributed by atoms with van der Waals surface area (Å²) in [5.74, 6) is -0.389. The summed E-state index contributed by atoms with van der Waals surface area (Å²) in [6, 6.07) is 4.76. The maximum Gasteiger partial charge on any atom is 0.260 e. The Hall–Kier alpha value is -1.46. The first-order valence-electron chi connectivity index (χ1n) is 6.61. The summed E-state index contributed by atoms with van der Waals surface area (Å²) >= 11 is 11.7. The molecule has 0 aliphatic carbocycles. The molecule has 7 heteroatoms. The molecule has 0 spiro atoms. The van der Waals surface area contributed by atoms with E-state index in [2.05, 4.69) is 0 Å². The smallest absolute Gasteiger partial charge is 0.260 e. The van der Waals surface area contributed by atoms with Crippen LogP contribution in [0.15, 0.2) is 18.2 Å². The van der Waals surface area contributed by atoms with Crippen LogP contribution in [0.1, 0.15) is 12.8 Å². The van der Waals surface area contributed by atoms with Gasteiger partial charge in [0.15, 0.2) is 6.61 Å². The fourth-order valence-corrected chi connectivity index (χ4v) is 2.79. The molecule has 2 rings (SSSR count). The summed E-state index contributed by atoms with van der Waals surface area (Å²) in [5, 5.41) is 0.883. The Morgan fingerprint density at radius 3 is 2.57 bits per heavy atom. The third-order valence-electron chi connectivity index (χ3n) is 3.37. The lowest BCUT2D eigenvalue weighted by molar-refractivity contribution is -0.136. The van der Waals surface area contributed by atoms with E-state index in [1.165, 1.54) is 0 Å². The van der Waals surface area contributed by atoms with Gasteiger partial charge in [-0.3, -0.25) is 9.59 Å². The van der Waals surface area contributed by atoms with E-state index >= 15 is 0 Å². The molecule has 114 valence electrons. The van der Waals surface area contributed by atoms with Crippen LogP contribution in [0.4, 0.5) is 0 Å². The largest absolute Gasteiger partial charge is 0.484 e. The highest BCUT2D eigenvalue weighted by atomic mass is 35.5. The van der Waals surface area contributed by atoms with E-state index < -0.39 is 0 Å². The lowest BCUT2D eigenvalue weighted by Gasteiger charge is -2.31. The van der Waals surface area contributed by atoms with Crippen LogP contribution >= 0.6 is 23.2 Å². The Bertz CT molecular complexity index is 531. The van der Waals surface area contributed by atoms with Crippen LogP contribution in [0.3, 0.4) is 0 Å². The van der Waals surface area contributed by atoms with E-state index in [4.69, 9.17) is 33.7 Å². The molecule has 1 heterocycles. The van der Waals surface area contributed by atoms with Crippen LogP contribution in [0.25, 0.3) is 0 Å². The molecule has 1 aliphatic rings. The average Bonchev–Trinajstić information content (AvgIpc) is 2.44. The molecular formula is C14H16Cl2N2O3. The van der Waals surface area contributed by atoms with Gasteiger partial charge in [-0.25, -0.2) is 0 Å². The maximum absolute atomic E-state index is 12.1. The Morgan fingerprint density at radius 1 is 1.29 bits per heavy atom. The number of carbonyl (C=O) groups excluding carboxylic acids is 2. The van der Waals surface area contributed by atoms with Gasteiger partial charge in [0.05, 0.1) is 5.92 Å². The quantitative estimate of drug-likeness (QED) is 0.918. The van der Waals surface area contributed by atoms with Gasteiger partial charge in [-0.15, -0.1) is 0 Å². The standard InChI is InChI=1S/C14H16Cl2N2O3/c15-10-4-11(16)6-12(5-10)21-8-13(19)18-3-1-2-9(7-18)14(17)20/h4-6,9H,1-3,7-8H2,(H2,17,20)/t9-/m0/s1. The molecule has 1 aliphatic heterocycles. The summed E-state index contributed by atoms with van der Waals surface area (Å²) in [4.78, 5) is 24.9. The number of nitrogens with zero attached hydrogens (tertiary/aromatic N) is 1. The monoisotopic (exact) mass is 330 g/mol. The number of amides is 2. The molecule has 0 bridgehead atoms. The Kier molecular flexibility index (Phi) is 5.31. The highest BCUT2D eigenvalue weighted by molar-refractivity contribution is 6.34. The van der Waals surface area contributed by atoms with Crippen LogP contribution in [0.5, 0.6) is 5.75 Å². The van der Waals surface area contributed by atoms with Crippen molar-refractivity contribution in [2.24, 2.45) is 11.7 Å². The summed E-state index contributed by atoms with van der Waals surface area (Å²) in [6.07, 6.45) is 1.49. The average molecular weight is 331 g/mol. The summed E-state index contributed by atoms with van der Waals surface area (Å²) in [5.41, 5.74) is 5.29. The zero-order chi connectivity index (χ0) is 15.4. The van der Waals surface area contributed by atoms with Gasteiger partial charge in [-0.1, -0.05) is 23.2 Å². The van der Waals surface area contributed by atoms with Crippen molar-refractivity contribution in [1.82, 2.24) is 4.90 Å². The lowest BCUT2D eigenvalue weighted by Crippen LogP contribution is -2.45. The van der Waals surface area contributed by atoms with E-state index in [0.29, 0.717) is 28.9 Å². The lowest BCUT2D eigenvalue weighted by atomic mass is 9.97. The minimum Gasteiger partial charge on any atom is -0.484 e. The highest BCUT2D eigenvalue weighted by Crippen LogP contribution is 2.24. The van der Waals surface area contributed by atoms with Crippen molar-refractivity contribution in [1.29, 1.82) is 0 Å². The third kappa shape index (κ3) is 4.51. The van der Waals surface area contributed by atoms with Crippen LogP contribution in [0, 0.1) is 5.92 Å². The highest BCUT2D eigenvalue weighted by Gasteiger charge is 2.27. The Morgan fingerprint density at radius 2 is 1.95 bits per heavy atom. The number of ether oxygens (including phenoxy) is 1. The van der Waals surface area contributed by atoms with Crippen molar-refractivity contribution in [2.75, 3.05) is 19.7 Å². The van der Waals surface area contributed by atoms with Crippen LogP contribution < -0.4 is 10.5 Å². The minimum atomic E-state index is -0.366. The first-order valence-corrected chi connectivity index (χ1v) is 7.37. The number of nitrogens with two attached hydrogens (primary N) is 1. The van der Waals surface area contributed by atoms with E-state index in [-0.39, 0.29) is 24.3 Å². The number of likely N-dealkylation sites (tertiary alicyclic amines) is 1. The van der Waals surface area contributed by atoms with Crippen molar-refractivity contribution in [2.45, 2.75) is 12.8 Å². The zero-order valence-corrected chi connectivity index (χ0v) is 12.9. The fourth-order valence-electron chi connectivity index (χ4n) is 2.28. The maximum atomic E-state index is 12.1. The molecule has 0 saturated carbocycles. The normalized spacial score (nSPS) is 18.4. The van der Waals surface area contributed by atoms with E-state index in [0.717, 1.165) is 12.8 Å². The predicted molar refractivity (Wildman–Crippen MR) is 80.5 cm³/mol. The molecule has 1 aromatic rings. The topological polar surface area (TPSA) is 72.6 Å². The number of rotatable bonds is 4. The van der Waals surface area contributed by atoms with Gasteiger partial charge in [0.1, 0.15) is 5.75 Å². The SMILES string of the molecule is NC(=O)[C@H]1CCCN(C(=O)COc2cc(Cl)cc(Cl)c2)C1. The number of hydrogen-bond acceptors (Lipinski definition) is 3. The number of primary amides is 1. The molecule has 2 amide bonds. The number of halogens is 2. The first kappa shape index (κ1) is 15.9. The van der Waals surface area contributed by atoms with Crippen LogP contribution in [-0.4, -0.2) is 36.4 Å². The zero-order valence-electron chi connectivity index (χ0n) is 11.4. The van der Waals surface area contributed by atoms with Crippen molar-refractivity contribution in [3.8, 4) is 5.75 Å². The molecule has 0 unspecified atom stereocenters. The second kappa shape index (κ2) is 7.00. The second-order valence-electron chi connectivity index (χ2n) is 4.98. The molecule has 0 aromatic heterocycles. The minimum absolute atomic E-state index is 0.123. The molecule has 1 aromatic carbocycles. The molecule has 21 heavy (non-hydrogen) atoms. The molecular weight excluding hydrogens is 315 g/mol. The fraction of sp³-hybridized carbons (Fsp3) is 0.429. The molecule has 5 nitrogen and oxygen atoms in total. The second-order valence-corrected chi connectivity index (χ2v) is 5.85. The number of carbonyl (C=O) groups is 2. The molecule has 1 fully saturated rings. The molecule has 1 atom stereocenters. The van der Waals surface area contributed by atoms with Crippen molar-refractivity contribution < 1.29 is 14.3 Å². The van der Waals surface area contributed by atoms with Crippen molar-refractivity contribution >= 4 is 35.0 Å². The first-order chi connectivity index (χ1) is 9.95. The van der Waals surface area contributed by atoms with Gasteiger partial charge < -0.3 is 15.4 Å². The van der Waals surface area contributed by atoms with Crippen LogP contribution in [-0.2, 0) is 9.59 Å². The molecule has 0 radical (unpaired) electrons. The van der Waals surface area contributed by atoms with Gasteiger partial charge >= 0.3 is 0 Å². The van der Waals surface area contributed by atoms with E-state index in [1.807, 2.05) is 0 Å². The third-order valence-corrected chi connectivity index (χ3v) is 3.81. The summed E-state index contributed by atoms with van der Waals surface area (Å²) < 4.78 is 5.40. The molecule has 1 saturated heterocycles. The van der Waals surface area contributed by atoms with Crippen LogP contribution in [0.2, 0.25) is 10.0 Å².